The third-order valence-electron chi connectivity index (χ3n) is 2.37. The Bertz CT molecular complexity index is 636. The molecule has 0 saturated heterocycles. The molecular weight excluding hydrogens is 254 g/mol. The minimum Gasteiger partial charge on any atom is -0.396 e. The van der Waals surface area contributed by atoms with E-state index in [0.29, 0.717) is 12.2 Å². The maximum absolute atomic E-state index is 11.3. The SMILES string of the molecule is Nc1c(NCc2ncc[nH]2)cccc1S(N)(=O)=O. The minimum atomic E-state index is -3.82. The van der Waals surface area contributed by atoms with Crippen LogP contribution in [0.25, 0.3) is 0 Å². The number of imidazole rings is 1. The molecule has 8 heteroatoms. The van der Waals surface area contributed by atoms with Gasteiger partial charge in [-0.1, -0.05) is 6.07 Å². The summed E-state index contributed by atoms with van der Waals surface area (Å²) in [5.74, 6) is 0.718. The molecule has 0 aliphatic carbocycles. The predicted molar refractivity (Wildman–Crippen MR) is 68.1 cm³/mol. The number of benzene rings is 1. The van der Waals surface area contributed by atoms with Gasteiger partial charge in [0.2, 0.25) is 10.0 Å². The molecule has 2 rings (SSSR count). The normalized spacial score (nSPS) is 11.4. The Hall–Kier alpha value is -2.06. The number of hydrogen-bond acceptors (Lipinski definition) is 5. The largest absolute Gasteiger partial charge is 0.396 e. The van der Waals surface area contributed by atoms with Crippen LogP contribution in [0.1, 0.15) is 5.82 Å². The van der Waals surface area contributed by atoms with Crippen LogP contribution in [0.4, 0.5) is 11.4 Å². The Labute approximate surface area is 104 Å². The molecule has 1 aromatic heterocycles. The molecule has 0 amide bonds. The van der Waals surface area contributed by atoms with E-state index in [1.807, 2.05) is 0 Å². The van der Waals surface area contributed by atoms with Crippen molar-refractivity contribution in [3.05, 3.63) is 36.4 Å². The molecule has 0 saturated carbocycles. The Morgan fingerprint density at radius 3 is 2.78 bits per heavy atom. The highest BCUT2D eigenvalue weighted by Gasteiger charge is 2.14. The van der Waals surface area contributed by atoms with E-state index in [2.05, 4.69) is 15.3 Å². The molecule has 0 radical (unpaired) electrons. The first kappa shape index (κ1) is 12.4. The van der Waals surface area contributed by atoms with Crippen molar-refractivity contribution in [3.63, 3.8) is 0 Å². The van der Waals surface area contributed by atoms with Gasteiger partial charge in [0.25, 0.3) is 0 Å². The smallest absolute Gasteiger partial charge is 0.240 e. The Morgan fingerprint density at radius 1 is 1.39 bits per heavy atom. The second-order valence-electron chi connectivity index (χ2n) is 3.65. The van der Waals surface area contributed by atoms with Crippen LogP contribution in [0, 0.1) is 0 Å². The molecule has 0 fully saturated rings. The molecule has 1 aromatic carbocycles. The molecule has 0 unspecified atom stereocenters. The Balaban J connectivity index is 2.24. The maximum Gasteiger partial charge on any atom is 0.240 e. The number of aromatic amines is 1. The van der Waals surface area contributed by atoms with Crippen molar-refractivity contribution in [3.8, 4) is 0 Å². The first-order valence-electron chi connectivity index (χ1n) is 5.12. The highest BCUT2D eigenvalue weighted by atomic mass is 32.2. The fourth-order valence-corrected chi connectivity index (χ4v) is 2.20. The zero-order valence-electron chi connectivity index (χ0n) is 9.42. The molecular formula is C10H13N5O2S. The van der Waals surface area contributed by atoms with Crippen LogP contribution in [-0.2, 0) is 16.6 Å². The summed E-state index contributed by atoms with van der Waals surface area (Å²) in [5, 5.41) is 8.05. The highest BCUT2D eigenvalue weighted by Crippen LogP contribution is 2.25. The van der Waals surface area contributed by atoms with Gasteiger partial charge >= 0.3 is 0 Å². The molecule has 18 heavy (non-hydrogen) atoms. The highest BCUT2D eigenvalue weighted by molar-refractivity contribution is 7.89. The van der Waals surface area contributed by atoms with E-state index in [1.165, 1.54) is 6.07 Å². The van der Waals surface area contributed by atoms with Crippen molar-refractivity contribution in [2.75, 3.05) is 11.1 Å². The number of hydrogen-bond donors (Lipinski definition) is 4. The fourth-order valence-electron chi connectivity index (χ4n) is 1.52. The number of nitrogens with one attached hydrogen (secondary N) is 2. The molecule has 0 atom stereocenters. The zero-order chi connectivity index (χ0) is 13.2. The van der Waals surface area contributed by atoms with Crippen molar-refractivity contribution in [1.29, 1.82) is 0 Å². The first-order valence-corrected chi connectivity index (χ1v) is 6.66. The summed E-state index contributed by atoms with van der Waals surface area (Å²) in [7, 11) is -3.82. The van der Waals surface area contributed by atoms with E-state index in [1.54, 1.807) is 24.5 Å². The number of nitrogen functional groups attached to an aromatic ring is 1. The molecule has 0 bridgehead atoms. The van der Waals surface area contributed by atoms with Crippen LogP contribution in [-0.4, -0.2) is 18.4 Å². The van der Waals surface area contributed by atoms with Crippen LogP contribution in [0.15, 0.2) is 35.5 Å². The maximum atomic E-state index is 11.3. The summed E-state index contributed by atoms with van der Waals surface area (Å²) in [5.41, 5.74) is 6.36. The fraction of sp³-hybridized carbons (Fsp3) is 0.100. The quantitative estimate of drug-likeness (QED) is 0.590. The second kappa shape index (κ2) is 4.67. The first-order chi connectivity index (χ1) is 8.48. The van der Waals surface area contributed by atoms with Gasteiger partial charge in [-0.15, -0.1) is 0 Å². The predicted octanol–water partition coefficient (Wildman–Crippen LogP) is 0.251. The molecule has 1 heterocycles. The van der Waals surface area contributed by atoms with Crippen molar-refractivity contribution in [1.82, 2.24) is 9.97 Å². The summed E-state index contributed by atoms with van der Waals surface area (Å²) in [4.78, 5) is 6.85. The molecule has 2 aromatic rings. The van der Waals surface area contributed by atoms with Crippen LogP contribution in [0.5, 0.6) is 0 Å². The van der Waals surface area contributed by atoms with Crippen molar-refractivity contribution in [2.45, 2.75) is 11.4 Å². The number of primary sulfonamides is 1. The summed E-state index contributed by atoms with van der Waals surface area (Å²) in [6.07, 6.45) is 3.32. The standard InChI is InChI=1S/C10H13N5O2S/c11-10-7(15-6-9-13-4-5-14-9)2-1-3-8(10)18(12,16)17/h1-5,15H,6,11H2,(H,13,14)(H2,12,16,17). The number of anilines is 2. The topological polar surface area (TPSA) is 127 Å². The van der Waals surface area contributed by atoms with Gasteiger partial charge in [-0.05, 0) is 12.1 Å². The Kier molecular flexibility index (Phi) is 3.21. The molecule has 0 spiro atoms. The van der Waals surface area contributed by atoms with E-state index in [-0.39, 0.29) is 10.6 Å². The molecule has 6 N–H and O–H groups in total. The van der Waals surface area contributed by atoms with Gasteiger partial charge < -0.3 is 16.0 Å². The van der Waals surface area contributed by atoms with Crippen LogP contribution >= 0.6 is 0 Å². The van der Waals surface area contributed by atoms with Gasteiger partial charge in [-0.25, -0.2) is 18.5 Å². The van der Waals surface area contributed by atoms with Crippen LogP contribution in [0.3, 0.4) is 0 Å². The lowest BCUT2D eigenvalue weighted by Gasteiger charge is -2.10. The average Bonchev–Trinajstić information content (AvgIpc) is 2.79. The van der Waals surface area contributed by atoms with E-state index >= 15 is 0 Å². The summed E-state index contributed by atoms with van der Waals surface area (Å²) in [6.45, 7) is 0.408. The number of rotatable bonds is 4. The molecule has 0 aliphatic rings. The minimum absolute atomic E-state index is 0.0908. The number of nitrogens with zero attached hydrogens (tertiary/aromatic N) is 1. The number of H-pyrrole nitrogens is 1. The van der Waals surface area contributed by atoms with Gasteiger partial charge in [0.1, 0.15) is 10.7 Å². The van der Waals surface area contributed by atoms with Gasteiger partial charge in [0, 0.05) is 12.4 Å². The molecule has 96 valence electrons. The molecule has 0 aliphatic heterocycles. The van der Waals surface area contributed by atoms with Crippen molar-refractivity contribution in [2.24, 2.45) is 5.14 Å². The van der Waals surface area contributed by atoms with E-state index in [9.17, 15) is 8.42 Å². The Morgan fingerprint density at radius 2 is 2.17 bits per heavy atom. The van der Waals surface area contributed by atoms with Crippen molar-refractivity contribution < 1.29 is 8.42 Å². The van der Waals surface area contributed by atoms with Crippen LogP contribution in [0.2, 0.25) is 0 Å². The van der Waals surface area contributed by atoms with E-state index < -0.39 is 10.0 Å². The average molecular weight is 267 g/mol. The third kappa shape index (κ3) is 2.60. The lowest BCUT2D eigenvalue weighted by atomic mass is 10.2. The number of nitrogens with two attached hydrogens (primary N) is 2. The van der Waals surface area contributed by atoms with Gasteiger partial charge in [-0.2, -0.15) is 0 Å². The van der Waals surface area contributed by atoms with Gasteiger partial charge in [-0.3, -0.25) is 0 Å². The number of para-hydroxylation sites is 1. The lowest BCUT2D eigenvalue weighted by Crippen LogP contribution is -2.15. The van der Waals surface area contributed by atoms with E-state index in [0.717, 1.165) is 5.82 Å². The third-order valence-corrected chi connectivity index (χ3v) is 3.34. The lowest BCUT2D eigenvalue weighted by molar-refractivity contribution is 0.598. The zero-order valence-corrected chi connectivity index (χ0v) is 10.2. The second-order valence-corrected chi connectivity index (χ2v) is 5.18. The summed E-state index contributed by atoms with van der Waals surface area (Å²) < 4.78 is 22.6. The van der Waals surface area contributed by atoms with Gasteiger partial charge in [0.15, 0.2) is 0 Å². The summed E-state index contributed by atoms with van der Waals surface area (Å²) >= 11 is 0. The van der Waals surface area contributed by atoms with Gasteiger partial charge in [0.05, 0.1) is 17.9 Å². The number of aromatic nitrogens is 2. The van der Waals surface area contributed by atoms with Crippen molar-refractivity contribution >= 4 is 21.4 Å². The molecule has 7 nitrogen and oxygen atoms in total. The number of sulfonamides is 1. The monoisotopic (exact) mass is 267 g/mol. The van der Waals surface area contributed by atoms with E-state index in [4.69, 9.17) is 10.9 Å². The summed E-state index contributed by atoms with van der Waals surface area (Å²) in [6, 6.07) is 4.61. The van der Waals surface area contributed by atoms with Crippen LogP contribution < -0.4 is 16.2 Å².